The first-order chi connectivity index (χ1) is 9.08. The quantitative estimate of drug-likeness (QED) is 0.792. The number of aryl methyl sites for hydroxylation is 2. The summed E-state index contributed by atoms with van der Waals surface area (Å²) in [5.74, 6) is 1.64. The third kappa shape index (κ3) is 3.88. The van der Waals surface area contributed by atoms with Gasteiger partial charge >= 0.3 is 0 Å². The highest BCUT2D eigenvalue weighted by atomic mass is 35.5. The third-order valence-electron chi connectivity index (χ3n) is 2.66. The minimum Gasteiger partial charge on any atom is -0.354 e. The van der Waals surface area contributed by atoms with Crippen LogP contribution in [-0.4, -0.2) is 22.0 Å². The minimum atomic E-state index is 0.495. The summed E-state index contributed by atoms with van der Waals surface area (Å²) in [7, 11) is 1.99. The second kappa shape index (κ2) is 6.30. The van der Waals surface area contributed by atoms with E-state index in [4.69, 9.17) is 11.6 Å². The Morgan fingerprint density at radius 2 is 2.11 bits per heavy atom. The second-order valence-corrected chi connectivity index (χ2v) is 5.88. The van der Waals surface area contributed by atoms with Crippen LogP contribution in [0.15, 0.2) is 11.4 Å². The molecule has 0 aromatic carbocycles. The Kier molecular flexibility index (Phi) is 4.71. The van der Waals surface area contributed by atoms with Gasteiger partial charge in [0.15, 0.2) is 0 Å². The molecule has 0 aliphatic carbocycles. The van der Waals surface area contributed by atoms with Crippen LogP contribution >= 0.6 is 22.9 Å². The summed E-state index contributed by atoms with van der Waals surface area (Å²) in [6, 6.07) is 1.79. The summed E-state index contributed by atoms with van der Waals surface area (Å²) >= 11 is 7.70. The van der Waals surface area contributed by atoms with Crippen molar-refractivity contribution in [3.05, 3.63) is 33.1 Å². The lowest BCUT2D eigenvalue weighted by Crippen LogP contribution is -2.19. The molecule has 102 valence electrons. The van der Waals surface area contributed by atoms with Gasteiger partial charge in [0.25, 0.3) is 0 Å². The van der Waals surface area contributed by atoms with Crippen LogP contribution < -0.4 is 4.90 Å². The molecular formula is C13H17ClN4S. The van der Waals surface area contributed by atoms with Crippen molar-refractivity contribution in [2.75, 3.05) is 11.9 Å². The van der Waals surface area contributed by atoms with Gasteiger partial charge in [-0.25, -0.2) is 15.0 Å². The number of hydrogen-bond acceptors (Lipinski definition) is 5. The Balaban J connectivity index is 2.15. The summed E-state index contributed by atoms with van der Waals surface area (Å²) in [5.41, 5.74) is 1.05. The molecule has 0 unspecified atom stereocenters. The van der Waals surface area contributed by atoms with Crippen LogP contribution in [0.3, 0.4) is 0 Å². The molecule has 4 nitrogen and oxygen atoms in total. The largest absolute Gasteiger partial charge is 0.354 e. The number of anilines is 1. The second-order valence-electron chi connectivity index (χ2n) is 4.43. The van der Waals surface area contributed by atoms with Crippen molar-refractivity contribution in [2.24, 2.45) is 0 Å². The summed E-state index contributed by atoms with van der Waals surface area (Å²) in [4.78, 5) is 15.3. The minimum absolute atomic E-state index is 0.495. The van der Waals surface area contributed by atoms with E-state index < -0.39 is 0 Å². The van der Waals surface area contributed by atoms with E-state index in [-0.39, 0.29) is 0 Å². The molecule has 0 saturated heterocycles. The SMILES string of the molecule is CCCc1nc(Cl)cc(N(C)Cc2csc(C)n2)n1. The number of thiazole rings is 1. The van der Waals surface area contributed by atoms with E-state index in [1.165, 1.54) is 0 Å². The van der Waals surface area contributed by atoms with Crippen LogP contribution in [0.25, 0.3) is 0 Å². The Morgan fingerprint density at radius 3 is 2.74 bits per heavy atom. The molecule has 6 heteroatoms. The van der Waals surface area contributed by atoms with Crippen molar-refractivity contribution in [3.8, 4) is 0 Å². The molecule has 0 aliphatic heterocycles. The predicted octanol–water partition coefficient (Wildman–Crippen LogP) is 3.48. The smallest absolute Gasteiger partial charge is 0.134 e. The van der Waals surface area contributed by atoms with Gasteiger partial charge in [-0.2, -0.15) is 0 Å². The van der Waals surface area contributed by atoms with Gasteiger partial charge in [0.1, 0.15) is 16.8 Å². The van der Waals surface area contributed by atoms with E-state index >= 15 is 0 Å². The van der Waals surface area contributed by atoms with Crippen molar-refractivity contribution >= 4 is 28.8 Å². The monoisotopic (exact) mass is 296 g/mol. The van der Waals surface area contributed by atoms with Gasteiger partial charge in [-0.15, -0.1) is 11.3 Å². The normalized spacial score (nSPS) is 10.7. The van der Waals surface area contributed by atoms with E-state index in [2.05, 4.69) is 27.3 Å². The zero-order chi connectivity index (χ0) is 13.8. The van der Waals surface area contributed by atoms with Gasteiger partial charge in [0, 0.05) is 24.9 Å². The number of rotatable bonds is 5. The molecule has 2 aromatic heterocycles. The molecule has 0 amide bonds. The summed E-state index contributed by atoms with van der Waals surface area (Å²) in [6.45, 7) is 4.84. The summed E-state index contributed by atoms with van der Waals surface area (Å²) < 4.78 is 0. The molecule has 0 bridgehead atoms. The molecule has 0 fully saturated rings. The van der Waals surface area contributed by atoms with Crippen LogP contribution in [0.2, 0.25) is 5.15 Å². The van der Waals surface area contributed by atoms with Gasteiger partial charge in [-0.05, 0) is 13.3 Å². The molecule has 19 heavy (non-hydrogen) atoms. The fourth-order valence-corrected chi connectivity index (χ4v) is 2.59. The maximum Gasteiger partial charge on any atom is 0.134 e. The first kappa shape index (κ1) is 14.2. The van der Waals surface area contributed by atoms with Crippen LogP contribution in [0, 0.1) is 6.92 Å². The molecule has 2 rings (SSSR count). The zero-order valence-electron chi connectivity index (χ0n) is 11.4. The fraction of sp³-hybridized carbons (Fsp3) is 0.462. The molecule has 0 aliphatic rings. The van der Waals surface area contributed by atoms with Gasteiger partial charge in [0.05, 0.1) is 17.2 Å². The number of aromatic nitrogens is 3. The Bertz CT molecular complexity index is 555. The van der Waals surface area contributed by atoms with Crippen LogP contribution in [0.4, 0.5) is 5.82 Å². The van der Waals surface area contributed by atoms with Crippen LogP contribution in [0.1, 0.15) is 29.9 Å². The molecule has 2 heterocycles. The number of hydrogen-bond donors (Lipinski definition) is 0. The van der Waals surface area contributed by atoms with Crippen molar-refractivity contribution in [1.82, 2.24) is 15.0 Å². The van der Waals surface area contributed by atoms with E-state index in [1.54, 1.807) is 17.4 Å². The van der Waals surface area contributed by atoms with E-state index in [0.717, 1.165) is 41.7 Å². The standard InChI is InChI=1S/C13H17ClN4S/c1-4-5-12-16-11(14)6-13(17-12)18(3)7-10-8-19-9(2)15-10/h6,8H,4-5,7H2,1-3H3. The first-order valence-electron chi connectivity index (χ1n) is 6.24. The number of halogens is 1. The summed E-state index contributed by atoms with van der Waals surface area (Å²) in [5, 5.41) is 3.65. The van der Waals surface area contributed by atoms with Crippen molar-refractivity contribution in [1.29, 1.82) is 0 Å². The molecule has 0 N–H and O–H groups in total. The van der Waals surface area contributed by atoms with Crippen molar-refractivity contribution in [3.63, 3.8) is 0 Å². The van der Waals surface area contributed by atoms with Gasteiger partial charge in [0.2, 0.25) is 0 Å². The third-order valence-corrected chi connectivity index (χ3v) is 3.67. The van der Waals surface area contributed by atoms with Crippen molar-refractivity contribution in [2.45, 2.75) is 33.2 Å². The molecule has 0 radical (unpaired) electrons. The van der Waals surface area contributed by atoms with Crippen molar-refractivity contribution < 1.29 is 0 Å². The highest BCUT2D eigenvalue weighted by Crippen LogP contribution is 2.18. The lowest BCUT2D eigenvalue weighted by Gasteiger charge is -2.17. The lowest BCUT2D eigenvalue weighted by molar-refractivity contribution is 0.806. The van der Waals surface area contributed by atoms with Gasteiger partial charge in [-0.3, -0.25) is 0 Å². The average Bonchev–Trinajstić information content (AvgIpc) is 2.74. The first-order valence-corrected chi connectivity index (χ1v) is 7.50. The molecule has 0 atom stereocenters. The summed E-state index contributed by atoms with van der Waals surface area (Å²) in [6.07, 6.45) is 1.85. The Hall–Kier alpha value is -1.20. The maximum absolute atomic E-state index is 6.05. The topological polar surface area (TPSA) is 41.9 Å². The Labute approximate surface area is 122 Å². The predicted molar refractivity (Wildman–Crippen MR) is 80.0 cm³/mol. The highest BCUT2D eigenvalue weighted by molar-refractivity contribution is 7.09. The fourth-order valence-electron chi connectivity index (χ4n) is 1.79. The molecule has 0 saturated carbocycles. The lowest BCUT2D eigenvalue weighted by atomic mass is 10.3. The molecule has 0 spiro atoms. The van der Waals surface area contributed by atoms with Crippen LogP contribution in [-0.2, 0) is 13.0 Å². The maximum atomic E-state index is 6.05. The van der Waals surface area contributed by atoms with E-state index in [1.807, 2.05) is 18.9 Å². The average molecular weight is 297 g/mol. The molecule has 2 aromatic rings. The number of nitrogens with zero attached hydrogens (tertiary/aromatic N) is 4. The van der Waals surface area contributed by atoms with E-state index in [9.17, 15) is 0 Å². The zero-order valence-corrected chi connectivity index (χ0v) is 12.9. The highest BCUT2D eigenvalue weighted by Gasteiger charge is 2.09. The molecular weight excluding hydrogens is 280 g/mol. The van der Waals surface area contributed by atoms with Gasteiger partial charge < -0.3 is 4.90 Å². The van der Waals surface area contributed by atoms with E-state index in [0.29, 0.717) is 5.15 Å². The van der Waals surface area contributed by atoms with Gasteiger partial charge in [-0.1, -0.05) is 18.5 Å². The Morgan fingerprint density at radius 1 is 1.32 bits per heavy atom. The van der Waals surface area contributed by atoms with Crippen LogP contribution in [0.5, 0.6) is 0 Å².